The van der Waals surface area contributed by atoms with Crippen LogP contribution >= 0.6 is 0 Å². The van der Waals surface area contributed by atoms with Crippen LogP contribution in [0.25, 0.3) is 0 Å². The van der Waals surface area contributed by atoms with Gasteiger partial charge >= 0.3 is 0 Å². The van der Waals surface area contributed by atoms with Crippen LogP contribution in [-0.4, -0.2) is 45.1 Å². The third-order valence-corrected chi connectivity index (χ3v) is 8.70. The predicted molar refractivity (Wildman–Crippen MR) is 126 cm³/mol. The van der Waals surface area contributed by atoms with E-state index in [1.807, 2.05) is 6.92 Å². The lowest BCUT2D eigenvalue weighted by molar-refractivity contribution is -0.0172. The van der Waals surface area contributed by atoms with Crippen molar-refractivity contribution in [3.8, 4) is 5.75 Å². The second-order valence-electron chi connectivity index (χ2n) is 9.17. The van der Waals surface area contributed by atoms with Crippen molar-refractivity contribution in [3.63, 3.8) is 0 Å². The van der Waals surface area contributed by atoms with Gasteiger partial charge in [-0.05, 0) is 80.0 Å². The van der Waals surface area contributed by atoms with E-state index in [0.717, 1.165) is 18.4 Å². The maximum absolute atomic E-state index is 14.0. The highest BCUT2D eigenvalue weighted by molar-refractivity contribution is 7.89. The van der Waals surface area contributed by atoms with Crippen LogP contribution in [0, 0.1) is 25.6 Å². The smallest absolute Gasteiger partial charge is 0.251 e. The Morgan fingerprint density at radius 1 is 1.18 bits per heavy atom. The van der Waals surface area contributed by atoms with Crippen molar-refractivity contribution in [2.24, 2.45) is 5.92 Å². The highest BCUT2D eigenvalue weighted by atomic mass is 32.2. The Balaban J connectivity index is 1.49. The zero-order valence-electron chi connectivity index (χ0n) is 19.8. The number of amides is 1. The molecule has 0 saturated carbocycles. The molecule has 34 heavy (non-hydrogen) atoms. The fourth-order valence-corrected chi connectivity index (χ4v) is 6.24. The molecule has 2 aromatic carbocycles. The number of piperidine rings is 1. The first-order chi connectivity index (χ1) is 16.2. The monoisotopic (exact) mass is 490 g/mol. The SMILES string of the molecule is Cc1cc(C(=O)NCCc2cc(F)cc3c2OCOC3)cc(S(=O)(=O)N2CCC(C)CC2)c1C. The topological polar surface area (TPSA) is 84.9 Å². The second kappa shape index (κ2) is 10.0. The van der Waals surface area contributed by atoms with Crippen molar-refractivity contribution < 1.29 is 27.1 Å². The molecule has 4 rings (SSSR count). The van der Waals surface area contributed by atoms with Gasteiger partial charge in [-0.2, -0.15) is 4.31 Å². The van der Waals surface area contributed by atoms with Crippen molar-refractivity contribution in [1.29, 1.82) is 0 Å². The van der Waals surface area contributed by atoms with Gasteiger partial charge in [0, 0.05) is 30.8 Å². The van der Waals surface area contributed by atoms with Gasteiger partial charge in [-0.1, -0.05) is 6.92 Å². The average molecular weight is 491 g/mol. The number of hydrogen-bond donors (Lipinski definition) is 1. The first-order valence-electron chi connectivity index (χ1n) is 11.6. The Kier molecular flexibility index (Phi) is 7.25. The summed E-state index contributed by atoms with van der Waals surface area (Å²) in [6.07, 6.45) is 2.03. The van der Waals surface area contributed by atoms with Crippen LogP contribution in [0.5, 0.6) is 5.75 Å². The molecule has 184 valence electrons. The summed E-state index contributed by atoms with van der Waals surface area (Å²) in [5.74, 6) is 0.344. The van der Waals surface area contributed by atoms with Gasteiger partial charge in [0.15, 0.2) is 6.79 Å². The Morgan fingerprint density at radius 2 is 1.91 bits per heavy atom. The molecule has 1 fully saturated rings. The van der Waals surface area contributed by atoms with Crippen LogP contribution < -0.4 is 10.1 Å². The summed E-state index contributed by atoms with van der Waals surface area (Å²) in [4.78, 5) is 13.1. The highest BCUT2D eigenvalue weighted by Gasteiger charge is 2.30. The number of carbonyl (C=O) groups is 1. The van der Waals surface area contributed by atoms with Gasteiger partial charge in [0.05, 0.1) is 11.5 Å². The van der Waals surface area contributed by atoms with Crippen LogP contribution in [0.4, 0.5) is 4.39 Å². The number of aryl methyl sites for hydroxylation is 1. The van der Waals surface area contributed by atoms with Gasteiger partial charge in [0.2, 0.25) is 10.0 Å². The largest absolute Gasteiger partial charge is 0.467 e. The number of carbonyl (C=O) groups excluding carboxylic acids is 1. The van der Waals surface area contributed by atoms with Gasteiger partial charge in [0.1, 0.15) is 11.6 Å². The van der Waals surface area contributed by atoms with Gasteiger partial charge in [-0.25, -0.2) is 12.8 Å². The van der Waals surface area contributed by atoms with E-state index in [0.29, 0.717) is 47.9 Å². The molecule has 0 unspecified atom stereocenters. The molecule has 1 N–H and O–H groups in total. The lowest BCUT2D eigenvalue weighted by Crippen LogP contribution is -2.38. The molecule has 2 heterocycles. The first kappa shape index (κ1) is 24.6. The van der Waals surface area contributed by atoms with Crippen LogP contribution in [0.2, 0.25) is 0 Å². The van der Waals surface area contributed by atoms with E-state index in [1.165, 1.54) is 22.5 Å². The summed E-state index contributed by atoms with van der Waals surface area (Å²) in [7, 11) is -3.69. The van der Waals surface area contributed by atoms with Crippen molar-refractivity contribution in [1.82, 2.24) is 9.62 Å². The standard InChI is InChI=1S/C25H31FN2O5S/c1-16-5-8-28(9-6-16)34(30,31)23-13-20(10-17(2)18(23)3)25(29)27-7-4-19-11-22(26)12-21-14-32-15-33-24(19)21/h10-13,16H,4-9,14-15H2,1-3H3,(H,27,29). The number of rotatable bonds is 6. The van der Waals surface area contributed by atoms with Crippen molar-refractivity contribution in [2.45, 2.75) is 51.5 Å². The number of benzene rings is 2. The number of ether oxygens (including phenoxy) is 2. The second-order valence-corrected chi connectivity index (χ2v) is 11.1. The molecule has 0 aliphatic carbocycles. The fraction of sp³-hybridized carbons (Fsp3) is 0.480. The Bertz CT molecular complexity index is 1190. The number of hydrogen-bond acceptors (Lipinski definition) is 5. The molecule has 2 aromatic rings. The number of fused-ring (bicyclic) bond motifs is 1. The molecule has 2 aliphatic rings. The van der Waals surface area contributed by atoms with E-state index >= 15 is 0 Å². The van der Waals surface area contributed by atoms with Gasteiger partial charge < -0.3 is 14.8 Å². The number of sulfonamides is 1. The van der Waals surface area contributed by atoms with E-state index in [9.17, 15) is 17.6 Å². The van der Waals surface area contributed by atoms with E-state index in [-0.39, 0.29) is 42.1 Å². The highest BCUT2D eigenvalue weighted by Crippen LogP contribution is 2.30. The maximum atomic E-state index is 14.0. The van der Waals surface area contributed by atoms with Gasteiger partial charge in [-0.3, -0.25) is 4.79 Å². The predicted octanol–water partition coefficient (Wildman–Crippen LogP) is 3.70. The summed E-state index contributed by atoms with van der Waals surface area (Å²) in [5, 5.41) is 2.83. The van der Waals surface area contributed by atoms with Crippen LogP contribution in [0.15, 0.2) is 29.2 Å². The van der Waals surface area contributed by atoms with Crippen LogP contribution in [0.1, 0.15) is 52.4 Å². The molecule has 1 amide bonds. The Hall–Kier alpha value is -2.49. The van der Waals surface area contributed by atoms with Crippen LogP contribution in [-0.2, 0) is 27.8 Å². The van der Waals surface area contributed by atoms with Crippen molar-refractivity contribution in [3.05, 3.63) is 57.9 Å². The molecule has 2 aliphatic heterocycles. The molecule has 0 radical (unpaired) electrons. The van der Waals surface area contributed by atoms with E-state index in [2.05, 4.69) is 12.2 Å². The van der Waals surface area contributed by atoms with Crippen LogP contribution in [0.3, 0.4) is 0 Å². The first-order valence-corrected chi connectivity index (χ1v) is 13.0. The van der Waals surface area contributed by atoms with E-state index in [4.69, 9.17) is 9.47 Å². The minimum Gasteiger partial charge on any atom is -0.467 e. The molecular formula is C25H31FN2O5S. The summed E-state index contributed by atoms with van der Waals surface area (Å²) in [6.45, 7) is 7.32. The third kappa shape index (κ3) is 5.11. The summed E-state index contributed by atoms with van der Waals surface area (Å²) >= 11 is 0. The van der Waals surface area contributed by atoms with E-state index < -0.39 is 10.0 Å². The summed E-state index contributed by atoms with van der Waals surface area (Å²) in [5.41, 5.74) is 2.98. The van der Waals surface area contributed by atoms with Crippen molar-refractivity contribution >= 4 is 15.9 Å². The lowest BCUT2D eigenvalue weighted by atomic mass is 10.0. The maximum Gasteiger partial charge on any atom is 0.251 e. The fourth-order valence-electron chi connectivity index (χ4n) is 4.45. The normalized spacial score (nSPS) is 17.2. The average Bonchev–Trinajstić information content (AvgIpc) is 2.80. The molecule has 0 spiro atoms. The van der Waals surface area contributed by atoms with Gasteiger partial charge in [-0.15, -0.1) is 0 Å². The van der Waals surface area contributed by atoms with Crippen molar-refractivity contribution in [2.75, 3.05) is 26.4 Å². The lowest BCUT2D eigenvalue weighted by Gasteiger charge is -2.30. The van der Waals surface area contributed by atoms with E-state index in [1.54, 1.807) is 13.0 Å². The molecule has 0 atom stereocenters. The summed E-state index contributed by atoms with van der Waals surface area (Å²) in [6, 6.07) is 5.95. The molecule has 0 aromatic heterocycles. The molecule has 0 bridgehead atoms. The molecule has 1 saturated heterocycles. The number of nitrogens with one attached hydrogen (secondary N) is 1. The summed E-state index contributed by atoms with van der Waals surface area (Å²) < 4.78 is 52.9. The quantitative estimate of drug-likeness (QED) is 0.668. The Labute approximate surface area is 200 Å². The minimum atomic E-state index is -3.69. The number of halogens is 1. The number of nitrogens with zero attached hydrogens (tertiary/aromatic N) is 1. The Morgan fingerprint density at radius 3 is 2.65 bits per heavy atom. The zero-order valence-corrected chi connectivity index (χ0v) is 20.6. The molecular weight excluding hydrogens is 459 g/mol. The molecule has 9 heteroatoms. The van der Waals surface area contributed by atoms with Gasteiger partial charge in [0.25, 0.3) is 5.91 Å². The third-order valence-electron chi connectivity index (χ3n) is 6.67. The molecule has 7 nitrogen and oxygen atoms in total. The zero-order chi connectivity index (χ0) is 24.5. The minimum absolute atomic E-state index is 0.105.